The van der Waals surface area contributed by atoms with Gasteiger partial charge in [-0.05, 0) is 42.5 Å². The minimum atomic E-state index is -0.0311. The number of aryl methyl sites for hydroxylation is 3. The van der Waals surface area contributed by atoms with Gasteiger partial charge in [0.1, 0.15) is 0 Å². The quantitative estimate of drug-likeness (QED) is 0.863. The van der Waals surface area contributed by atoms with Crippen molar-refractivity contribution in [1.82, 2.24) is 0 Å². The van der Waals surface area contributed by atoms with Crippen molar-refractivity contribution in [2.24, 2.45) is 5.73 Å². The maximum absolute atomic E-state index is 6.41. The molecule has 0 aliphatic carbocycles. The third-order valence-corrected chi connectivity index (χ3v) is 3.49. The Bertz CT molecular complexity index is 543. The lowest BCUT2D eigenvalue weighted by molar-refractivity contribution is 0.856. The van der Waals surface area contributed by atoms with Crippen LogP contribution in [0.1, 0.15) is 40.8 Å². The number of benzene rings is 2. The molecule has 2 N–H and O–H groups in total. The Kier molecular flexibility index (Phi) is 3.83. The summed E-state index contributed by atoms with van der Waals surface area (Å²) < 4.78 is 0. The van der Waals surface area contributed by atoms with Gasteiger partial charge in [0.15, 0.2) is 0 Å². The fourth-order valence-corrected chi connectivity index (χ4v) is 2.28. The van der Waals surface area contributed by atoms with E-state index in [1.165, 1.54) is 27.8 Å². The van der Waals surface area contributed by atoms with Crippen LogP contribution in [0.4, 0.5) is 0 Å². The average molecular weight is 239 g/mol. The monoisotopic (exact) mass is 239 g/mol. The highest BCUT2D eigenvalue weighted by atomic mass is 14.6. The first-order valence-electron chi connectivity index (χ1n) is 6.53. The third-order valence-electron chi connectivity index (χ3n) is 3.49. The molecule has 1 atom stereocenters. The van der Waals surface area contributed by atoms with Crippen molar-refractivity contribution in [3.05, 3.63) is 70.3 Å². The second-order valence-corrected chi connectivity index (χ2v) is 4.94. The van der Waals surface area contributed by atoms with Gasteiger partial charge in [-0.2, -0.15) is 0 Å². The summed E-state index contributed by atoms with van der Waals surface area (Å²) in [6.45, 7) is 6.40. The van der Waals surface area contributed by atoms with Crippen LogP contribution in [-0.4, -0.2) is 0 Å². The van der Waals surface area contributed by atoms with Gasteiger partial charge in [0.2, 0.25) is 0 Å². The van der Waals surface area contributed by atoms with E-state index < -0.39 is 0 Å². The largest absolute Gasteiger partial charge is 0.320 e. The van der Waals surface area contributed by atoms with Crippen molar-refractivity contribution in [3.63, 3.8) is 0 Å². The molecule has 0 fully saturated rings. The molecule has 18 heavy (non-hydrogen) atoms. The van der Waals surface area contributed by atoms with Gasteiger partial charge in [0.05, 0.1) is 6.04 Å². The zero-order valence-corrected chi connectivity index (χ0v) is 11.4. The van der Waals surface area contributed by atoms with Crippen LogP contribution >= 0.6 is 0 Å². The molecule has 0 saturated carbocycles. The first kappa shape index (κ1) is 12.8. The number of hydrogen-bond acceptors (Lipinski definition) is 1. The van der Waals surface area contributed by atoms with Gasteiger partial charge in [0, 0.05) is 0 Å². The van der Waals surface area contributed by atoms with E-state index in [0.717, 1.165) is 6.42 Å². The van der Waals surface area contributed by atoms with Gasteiger partial charge >= 0.3 is 0 Å². The van der Waals surface area contributed by atoms with E-state index in [2.05, 4.69) is 63.2 Å². The summed E-state index contributed by atoms with van der Waals surface area (Å²) >= 11 is 0. The Labute approximate surface area is 110 Å². The first-order chi connectivity index (χ1) is 8.61. The van der Waals surface area contributed by atoms with Crippen molar-refractivity contribution in [1.29, 1.82) is 0 Å². The van der Waals surface area contributed by atoms with Gasteiger partial charge in [-0.3, -0.25) is 0 Å². The molecule has 1 heteroatoms. The average Bonchev–Trinajstić information content (AvgIpc) is 2.41. The van der Waals surface area contributed by atoms with Crippen LogP contribution < -0.4 is 5.73 Å². The fourth-order valence-electron chi connectivity index (χ4n) is 2.28. The molecule has 2 aromatic carbocycles. The summed E-state index contributed by atoms with van der Waals surface area (Å²) in [5.74, 6) is 0. The Morgan fingerprint density at radius 2 is 1.83 bits per heavy atom. The van der Waals surface area contributed by atoms with Crippen LogP contribution in [0.25, 0.3) is 0 Å². The van der Waals surface area contributed by atoms with E-state index >= 15 is 0 Å². The molecule has 0 spiro atoms. The van der Waals surface area contributed by atoms with E-state index in [1.807, 2.05) is 0 Å². The smallest absolute Gasteiger partial charge is 0.0554 e. The Morgan fingerprint density at radius 1 is 1.06 bits per heavy atom. The topological polar surface area (TPSA) is 26.0 Å². The van der Waals surface area contributed by atoms with E-state index in [1.54, 1.807) is 0 Å². The summed E-state index contributed by atoms with van der Waals surface area (Å²) in [5.41, 5.74) is 12.7. The molecule has 0 aliphatic rings. The van der Waals surface area contributed by atoms with Crippen LogP contribution in [0.5, 0.6) is 0 Å². The molecule has 1 unspecified atom stereocenters. The molecule has 1 nitrogen and oxygen atoms in total. The molecule has 0 aromatic heterocycles. The zero-order chi connectivity index (χ0) is 13.1. The normalized spacial score (nSPS) is 12.4. The molecular formula is C17H21N. The molecule has 0 saturated heterocycles. The lowest BCUT2D eigenvalue weighted by Crippen LogP contribution is -2.13. The summed E-state index contributed by atoms with van der Waals surface area (Å²) in [5, 5.41) is 0. The number of nitrogens with two attached hydrogens (primary N) is 1. The second kappa shape index (κ2) is 5.36. The summed E-state index contributed by atoms with van der Waals surface area (Å²) in [6.07, 6.45) is 1.05. The predicted molar refractivity (Wildman–Crippen MR) is 77.8 cm³/mol. The number of rotatable bonds is 3. The molecule has 2 aromatic rings. The van der Waals surface area contributed by atoms with Gasteiger partial charge in [-0.1, -0.05) is 55.0 Å². The van der Waals surface area contributed by atoms with Crippen LogP contribution in [0.3, 0.4) is 0 Å². The fraction of sp³-hybridized carbons (Fsp3) is 0.294. The Hall–Kier alpha value is -1.60. The highest BCUT2D eigenvalue weighted by Crippen LogP contribution is 2.24. The second-order valence-electron chi connectivity index (χ2n) is 4.94. The SMILES string of the molecule is CCc1cccc(C(N)c2cc(C)ccc2C)c1. The lowest BCUT2D eigenvalue weighted by atomic mass is 9.93. The maximum Gasteiger partial charge on any atom is 0.0554 e. The van der Waals surface area contributed by atoms with Gasteiger partial charge in [-0.15, -0.1) is 0 Å². The van der Waals surface area contributed by atoms with Gasteiger partial charge in [0.25, 0.3) is 0 Å². The van der Waals surface area contributed by atoms with Crippen LogP contribution in [0.2, 0.25) is 0 Å². The minimum absolute atomic E-state index is 0.0311. The van der Waals surface area contributed by atoms with Crippen LogP contribution in [0, 0.1) is 13.8 Å². The molecule has 0 radical (unpaired) electrons. The standard InChI is InChI=1S/C17H21N/c1-4-14-6-5-7-15(11-14)17(18)16-10-12(2)8-9-13(16)3/h5-11,17H,4,18H2,1-3H3. The molecule has 94 valence electrons. The van der Waals surface area contributed by atoms with Crippen molar-refractivity contribution in [2.75, 3.05) is 0 Å². The van der Waals surface area contributed by atoms with Crippen LogP contribution in [-0.2, 0) is 6.42 Å². The first-order valence-corrected chi connectivity index (χ1v) is 6.53. The van der Waals surface area contributed by atoms with E-state index in [9.17, 15) is 0 Å². The zero-order valence-electron chi connectivity index (χ0n) is 11.4. The molecule has 0 aliphatic heterocycles. The summed E-state index contributed by atoms with van der Waals surface area (Å²) in [6, 6.07) is 15.0. The van der Waals surface area contributed by atoms with E-state index in [0.29, 0.717) is 0 Å². The molecule has 0 bridgehead atoms. The van der Waals surface area contributed by atoms with Crippen LogP contribution in [0.15, 0.2) is 42.5 Å². The molecule has 0 amide bonds. The predicted octanol–water partition coefficient (Wildman–Crippen LogP) is 3.91. The highest BCUT2D eigenvalue weighted by Gasteiger charge is 2.11. The van der Waals surface area contributed by atoms with E-state index in [4.69, 9.17) is 5.73 Å². The number of hydrogen-bond donors (Lipinski definition) is 1. The van der Waals surface area contributed by atoms with Crippen molar-refractivity contribution >= 4 is 0 Å². The summed E-state index contributed by atoms with van der Waals surface area (Å²) in [4.78, 5) is 0. The Morgan fingerprint density at radius 3 is 2.56 bits per heavy atom. The van der Waals surface area contributed by atoms with Crippen molar-refractivity contribution < 1.29 is 0 Å². The van der Waals surface area contributed by atoms with E-state index in [-0.39, 0.29) is 6.04 Å². The summed E-state index contributed by atoms with van der Waals surface area (Å²) in [7, 11) is 0. The van der Waals surface area contributed by atoms with Crippen molar-refractivity contribution in [2.45, 2.75) is 33.2 Å². The van der Waals surface area contributed by atoms with Gasteiger partial charge in [-0.25, -0.2) is 0 Å². The minimum Gasteiger partial charge on any atom is -0.320 e. The lowest BCUT2D eigenvalue weighted by Gasteiger charge is -2.16. The highest BCUT2D eigenvalue weighted by molar-refractivity contribution is 5.39. The molecule has 2 rings (SSSR count). The Balaban J connectivity index is 2.40. The third kappa shape index (κ3) is 2.62. The van der Waals surface area contributed by atoms with Gasteiger partial charge < -0.3 is 5.73 Å². The maximum atomic E-state index is 6.41. The molecular weight excluding hydrogens is 218 g/mol. The molecule has 0 heterocycles. The van der Waals surface area contributed by atoms with Crippen molar-refractivity contribution in [3.8, 4) is 0 Å².